The summed E-state index contributed by atoms with van der Waals surface area (Å²) in [6, 6.07) is 16.3. The van der Waals surface area contributed by atoms with Gasteiger partial charge >= 0.3 is 0 Å². The molecule has 104 valence electrons. The first-order valence-corrected chi connectivity index (χ1v) is 7.66. The molecular formula is C16H18IN3. The van der Waals surface area contributed by atoms with E-state index in [1.807, 2.05) is 18.2 Å². The van der Waals surface area contributed by atoms with E-state index in [4.69, 9.17) is 5.53 Å². The topological polar surface area (TPSA) is 48.8 Å². The SMILES string of the molecule is CCc1cc(I)cc(N=[N+]=[N-])c1.CCc1ccccc1. The largest absolute Gasteiger partial charge is 0.0622 e. The quantitative estimate of drug-likeness (QED) is 0.270. The summed E-state index contributed by atoms with van der Waals surface area (Å²) < 4.78 is 1.11. The number of halogens is 1. The number of hydrogen-bond acceptors (Lipinski definition) is 1. The predicted octanol–water partition coefficient (Wildman–Crippen LogP) is 6.04. The molecule has 0 aliphatic carbocycles. The molecule has 0 spiro atoms. The highest BCUT2D eigenvalue weighted by atomic mass is 127. The minimum atomic E-state index is 0.696. The zero-order valence-corrected chi connectivity index (χ0v) is 13.9. The summed E-state index contributed by atoms with van der Waals surface area (Å²) in [5.74, 6) is 0. The third-order valence-corrected chi connectivity index (χ3v) is 3.38. The lowest BCUT2D eigenvalue weighted by atomic mass is 10.1. The van der Waals surface area contributed by atoms with Gasteiger partial charge < -0.3 is 0 Å². The third-order valence-electron chi connectivity index (χ3n) is 2.76. The van der Waals surface area contributed by atoms with Crippen LogP contribution in [0.3, 0.4) is 0 Å². The van der Waals surface area contributed by atoms with Gasteiger partial charge in [0.2, 0.25) is 0 Å². The van der Waals surface area contributed by atoms with Crippen molar-refractivity contribution in [3.8, 4) is 0 Å². The Hall–Kier alpha value is -1.52. The standard InChI is InChI=1S/C8H8IN3.C8H10/c1-2-6-3-7(9)5-8(4-6)11-12-10;1-2-8-6-4-3-5-7-8/h3-5H,2H2,1H3;3-7H,2H2,1H3. The molecule has 0 fully saturated rings. The van der Waals surface area contributed by atoms with E-state index in [1.165, 1.54) is 11.1 Å². The van der Waals surface area contributed by atoms with Gasteiger partial charge in [0, 0.05) is 14.2 Å². The first kappa shape index (κ1) is 16.5. The van der Waals surface area contributed by atoms with E-state index in [2.05, 4.69) is 76.8 Å². The van der Waals surface area contributed by atoms with Crippen molar-refractivity contribution in [3.63, 3.8) is 0 Å². The fraction of sp³-hybridized carbons (Fsp3) is 0.250. The molecule has 2 aromatic rings. The Morgan fingerprint density at radius 1 is 1.00 bits per heavy atom. The van der Waals surface area contributed by atoms with Gasteiger partial charge in [-0.2, -0.15) is 0 Å². The van der Waals surface area contributed by atoms with E-state index < -0.39 is 0 Å². The van der Waals surface area contributed by atoms with Gasteiger partial charge in [0.25, 0.3) is 0 Å². The van der Waals surface area contributed by atoms with Crippen LogP contribution in [0, 0.1) is 3.57 Å². The monoisotopic (exact) mass is 379 g/mol. The van der Waals surface area contributed by atoms with Crippen LogP contribution < -0.4 is 0 Å². The van der Waals surface area contributed by atoms with Gasteiger partial charge in [-0.3, -0.25) is 0 Å². The summed E-state index contributed by atoms with van der Waals surface area (Å²) in [7, 11) is 0. The van der Waals surface area contributed by atoms with E-state index in [9.17, 15) is 0 Å². The van der Waals surface area contributed by atoms with Crippen LogP contribution in [0.2, 0.25) is 0 Å². The van der Waals surface area contributed by atoms with Crippen LogP contribution in [0.4, 0.5) is 5.69 Å². The lowest BCUT2D eigenvalue weighted by molar-refractivity contribution is 1.13. The molecule has 0 radical (unpaired) electrons. The molecule has 4 heteroatoms. The maximum Gasteiger partial charge on any atom is 0.0388 e. The molecule has 20 heavy (non-hydrogen) atoms. The molecule has 0 unspecified atom stereocenters. The average Bonchev–Trinajstić information content (AvgIpc) is 2.48. The molecule has 0 heterocycles. The second kappa shape index (κ2) is 9.39. The molecule has 3 nitrogen and oxygen atoms in total. The fourth-order valence-electron chi connectivity index (χ4n) is 1.66. The highest BCUT2D eigenvalue weighted by molar-refractivity contribution is 14.1. The van der Waals surface area contributed by atoms with Gasteiger partial charge in [-0.05, 0) is 70.3 Å². The van der Waals surface area contributed by atoms with Crippen LogP contribution in [0.15, 0.2) is 53.6 Å². The zero-order valence-electron chi connectivity index (χ0n) is 11.8. The molecule has 0 bridgehead atoms. The van der Waals surface area contributed by atoms with Crippen molar-refractivity contribution >= 4 is 28.3 Å². The Morgan fingerprint density at radius 3 is 2.15 bits per heavy atom. The Morgan fingerprint density at radius 2 is 1.65 bits per heavy atom. The van der Waals surface area contributed by atoms with E-state index in [0.717, 1.165) is 16.4 Å². The van der Waals surface area contributed by atoms with Crippen LogP contribution in [-0.4, -0.2) is 0 Å². The van der Waals surface area contributed by atoms with Crippen LogP contribution >= 0.6 is 22.6 Å². The zero-order chi connectivity index (χ0) is 14.8. The fourth-order valence-corrected chi connectivity index (χ4v) is 2.38. The number of benzene rings is 2. The molecule has 0 aromatic heterocycles. The molecule has 0 saturated carbocycles. The minimum absolute atomic E-state index is 0.696. The summed E-state index contributed by atoms with van der Waals surface area (Å²) in [6.07, 6.45) is 2.10. The van der Waals surface area contributed by atoms with E-state index in [-0.39, 0.29) is 0 Å². The van der Waals surface area contributed by atoms with Gasteiger partial charge in [-0.1, -0.05) is 49.3 Å². The Labute approximate surface area is 133 Å². The highest BCUT2D eigenvalue weighted by Crippen LogP contribution is 2.19. The molecule has 0 saturated heterocycles. The number of nitrogens with zero attached hydrogens (tertiary/aromatic N) is 3. The van der Waals surface area contributed by atoms with Crippen molar-refractivity contribution in [1.82, 2.24) is 0 Å². The summed E-state index contributed by atoms with van der Waals surface area (Å²) in [6.45, 7) is 4.24. The molecule has 2 aromatic carbocycles. The molecule has 0 N–H and O–H groups in total. The van der Waals surface area contributed by atoms with Gasteiger partial charge in [-0.25, -0.2) is 0 Å². The first-order chi connectivity index (χ1) is 9.69. The van der Waals surface area contributed by atoms with E-state index in [1.54, 1.807) is 0 Å². The molecule has 0 aliphatic heterocycles. The lowest BCUT2D eigenvalue weighted by Crippen LogP contribution is -1.80. The summed E-state index contributed by atoms with van der Waals surface area (Å²) >= 11 is 2.21. The van der Waals surface area contributed by atoms with Gasteiger partial charge in [0.1, 0.15) is 0 Å². The number of aryl methyl sites for hydroxylation is 2. The molecular weight excluding hydrogens is 361 g/mol. The van der Waals surface area contributed by atoms with Crippen molar-refractivity contribution in [2.24, 2.45) is 5.11 Å². The number of azide groups is 1. The van der Waals surface area contributed by atoms with Crippen LogP contribution in [0.1, 0.15) is 25.0 Å². The van der Waals surface area contributed by atoms with Gasteiger partial charge in [-0.15, -0.1) is 0 Å². The number of hydrogen-bond donors (Lipinski definition) is 0. The molecule has 0 aliphatic rings. The van der Waals surface area contributed by atoms with Crippen molar-refractivity contribution in [2.45, 2.75) is 26.7 Å². The van der Waals surface area contributed by atoms with Crippen molar-refractivity contribution in [3.05, 3.63) is 73.7 Å². The second-order valence-corrected chi connectivity index (χ2v) is 5.45. The average molecular weight is 379 g/mol. The Bertz CT molecular complexity index is 576. The predicted molar refractivity (Wildman–Crippen MR) is 93.2 cm³/mol. The normalized spacial score (nSPS) is 9.15. The van der Waals surface area contributed by atoms with Gasteiger partial charge in [0.05, 0.1) is 0 Å². The second-order valence-electron chi connectivity index (χ2n) is 4.20. The highest BCUT2D eigenvalue weighted by Gasteiger charge is 1.95. The summed E-state index contributed by atoms with van der Waals surface area (Å²) in [5, 5.41) is 3.55. The lowest BCUT2D eigenvalue weighted by Gasteiger charge is -1.99. The van der Waals surface area contributed by atoms with Crippen LogP contribution in [0.5, 0.6) is 0 Å². The summed E-state index contributed by atoms with van der Waals surface area (Å²) in [4.78, 5) is 2.74. The maximum absolute atomic E-state index is 8.23. The van der Waals surface area contributed by atoms with E-state index >= 15 is 0 Å². The molecule has 0 atom stereocenters. The molecule has 2 rings (SSSR count). The molecule has 0 amide bonds. The van der Waals surface area contributed by atoms with Crippen molar-refractivity contribution in [2.75, 3.05) is 0 Å². The number of rotatable bonds is 3. The smallest absolute Gasteiger partial charge is 0.0388 e. The Kier molecular flexibility index (Phi) is 7.77. The maximum atomic E-state index is 8.23. The Balaban J connectivity index is 0.000000217. The van der Waals surface area contributed by atoms with E-state index in [0.29, 0.717) is 5.69 Å². The van der Waals surface area contributed by atoms with Crippen LogP contribution in [0.25, 0.3) is 10.4 Å². The van der Waals surface area contributed by atoms with Crippen molar-refractivity contribution in [1.29, 1.82) is 0 Å². The van der Waals surface area contributed by atoms with Crippen LogP contribution in [-0.2, 0) is 12.8 Å². The summed E-state index contributed by atoms with van der Waals surface area (Å²) in [5.41, 5.74) is 11.5. The van der Waals surface area contributed by atoms with Crippen molar-refractivity contribution < 1.29 is 0 Å². The third kappa shape index (κ3) is 6.08. The van der Waals surface area contributed by atoms with Gasteiger partial charge in [0.15, 0.2) is 0 Å². The first-order valence-electron chi connectivity index (χ1n) is 6.58. The minimum Gasteiger partial charge on any atom is -0.0622 e.